The molecule has 0 amide bonds. The molecule has 1 aliphatic carbocycles. The molecule has 0 saturated heterocycles. The third-order valence-corrected chi connectivity index (χ3v) is 4.25. The molecule has 2 nitrogen and oxygen atoms in total. The summed E-state index contributed by atoms with van der Waals surface area (Å²) >= 11 is 1.81. The Morgan fingerprint density at radius 2 is 2.06 bits per heavy atom. The maximum Gasteiger partial charge on any atom is 0.123 e. The van der Waals surface area contributed by atoms with E-state index in [2.05, 4.69) is 41.5 Å². The first kappa shape index (κ1) is 10.9. The van der Waals surface area contributed by atoms with E-state index in [1.807, 2.05) is 17.4 Å². The standard InChI is InChI=1S/C14H16N2S/c1-10-13(9-15-12-7-8-12)17-14(16-10)11-5-3-2-4-6-11/h2-6,12,15H,7-9H2,1H3. The molecule has 88 valence electrons. The largest absolute Gasteiger partial charge is 0.309 e. The third-order valence-electron chi connectivity index (χ3n) is 3.04. The number of hydrogen-bond donors (Lipinski definition) is 1. The summed E-state index contributed by atoms with van der Waals surface area (Å²) in [5, 5.41) is 4.68. The molecule has 0 bridgehead atoms. The highest BCUT2D eigenvalue weighted by atomic mass is 32.1. The molecular formula is C14H16N2S. The van der Waals surface area contributed by atoms with Gasteiger partial charge in [-0.05, 0) is 19.8 Å². The Bertz CT molecular complexity index is 500. The lowest BCUT2D eigenvalue weighted by Gasteiger charge is -1.99. The molecule has 0 unspecified atom stereocenters. The van der Waals surface area contributed by atoms with E-state index in [0.29, 0.717) is 0 Å². The fourth-order valence-corrected chi connectivity index (χ4v) is 2.84. The van der Waals surface area contributed by atoms with Crippen molar-refractivity contribution >= 4 is 11.3 Å². The normalized spacial score (nSPS) is 15.1. The van der Waals surface area contributed by atoms with Crippen molar-refractivity contribution in [3.8, 4) is 10.6 Å². The van der Waals surface area contributed by atoms with E-state index in [-0.39, 0.29) is 0 Å². The second kappa shape index (κ2) is 4.59. The lowest BCUT2D eigenvalue weighted by Crippen LogP contribution is -2.14. The Morgan fingerprint density at radius 3 is 2.76 bits per heavy atom. The molecule has 17 heavy (non-hydrogen) atoms. The van der Waals surface area contributed by atoms with Crippen LogP contribution in [-0.2, 0) is 6.54 Å². The van der Waals surface area contributed by atoms with Gasteiger partial charge in [0, 0.05) is 23.0 Å². The third kappa shape index (κ3) is 2.56. The van der Waals surface area contributed by atoms with Gasteiger partial charge in [0.1, 0.15) is 5.01 Å². The van der Waals surface area contributed by atoms with Crippen LogP contribution in [0.5, 0.6) is 0 Å². The quantitative estimate of drug-likeness (QED) is 0.892. The maximum atomic E-state index is 4.66. The summed E-state index contributed by atoms with van der Waals surface area (Å²) in [5.41, 5.74) is 2.39. The molecule has 0 radical (unpaired) electrons. The highest BCUT2D eigenvalue weighted by molar-refractivity contribution is 7.15. The minimum Gasteiger partial charge on any atom is -0.309 e. The molecule has 0 aliphatic heterocycles. The van der Waals surface area contributed by atoms with Crippen LogP contribution in [0.3, 0.4) is 0 Å². The average molecular weight is 244 g/mol. The lowest BCUT2D eigenvalue weighted by atomic mass is 10.2. The van der Waals surface area contributed by atoms with Crippen LogP contribution >= 0.6 is 11.3 Å². The van der Waals surface area contributed by atoms with Gasteiger partial charge in [0.15, 0.2) is 0 Å². The number of nitrogens with one attached hydrogen (secondary N) is 1. The number of rotatable bonds is 4. The number of thiazole rings is 1. The molecule has 3 heteroatoms. The Kier molecular flexibility index (Phi) is 2.95. The minimum atomic E-state index is 0.761. The van der Waals surface area contributed by atoms with E-state index < -0.39 is 0 Å². The van der Waals surface area contributed by atoms with Gasteiger partial charge in [-0.3, -0.25) is 0 Å². The molecule has 1 fully saturated rings. The number of hydrogen-bond acceptors (Lipinski definition) is 3. The van der Waals surface area contributed by atoms with Crippen molar-refractivity contribution in [1.82, 2.24) is 10.3 Å². The second-order valence-corrected chi connectivity index (χ2v) is 5.63. The monoisotopic (exact) mass is 244 g/mol. The van der Waals surface area contributed by atoms with Crippen LogP contribution in [0.15, 0.2) is 30.3 Å². The van der Waals surface area contributed by atoms with Gasteiger partial charge in [-0.2, -0.15) is 0 Å². The van der Waals surface area contributed by atoms with Crippen molar-refractivity contribution in [2.24, 2.45) is 0 Å². The van der Waals surface area contributed by atoms with Gasteiger partial charge in [0.05, 0.1) is 5.69 Å². The van der Waals surface area contributed by atoms with Crippen molar-refractivity contribution in [3.63, 3.8) is 0 Å². The zero-order valence-corrected chi connectivity index (χ0v) is 10.8. The summed E-state index contributed by atoms with van der Waals surface area (Å²) in [4.78, 5) is 6.03. The molecule has 1 saturated carbocycles. The molecule has 1 aliphatic rings. The van der Waals surface area contributed by atoms with Crippen LogP contribution in [0, 0.1) is 6.92 Å². The van der Waals surface area contributed by atoms with Crippen LogP contribution in [0.4, 0.5) is 0 Å². The zero-order chi connectivity index (χ0) is 11.7. The summed E-state index contributed by atoms with van der Waals surface area (Å²) < 4.78 is 0. The Balaban J connectivity index is 1.79. The predicted molar refractivity (Wildman–Crippen MR) is 72.1 cm³/mol. The Morgan fingerprint density at radius 1 is 1.29 bits per heavy atom. The van der Waals surface area contributed by atoms with E-state index in [1.165, 1.54) is 29.0 Å². The molecular weight excluding hydrogens is 228 g/mol. The van der Waals surface area contributed by atoms with E-state index in [1.54, 1.807) is 0 Å². The fourth-order valence-electron chi connectivity index (χ4n) is 1.82. The number of nitrogens with zero attached hydrogens (tertiary/aromatic N) is 1. The van der Waals surface area contributed by atoms with E-state index >= 15 is 0 Å². The maximum absolute atomic E-state index is 4.66. The van der Waals surface area contributed by atoms with Gasteiger partial charge in [-0.15, -0.1) is 11.3 Å². The SMILES string of the molecule is Cc1nc(-c2ccccc2)sc1CNC1CC1. The lowest BCUT2D eigenvalue weighted by molar-refractivity contribution is 0.691. The zero-order valence-electron chi connectivity index (χ0n) is 9.94. The van der Waals surface area contributed by atoms with Gasteiger partial charge in [0.25, 0.3) is 0 Å². The molecule has 0 spiro atoms. The first-order valence-electron chi connectivity index (χ1n) is 6.08. The minimum absolute atomic E-state index is 0.761. The molecule has 1 N–H and O–H groups in total. The van der Waals surface area contributed by atoms with Crippen LogP contribution in [-0.4, -0.2) is 11.0 Å². The molecule has 1 aromatic carbocycles. The van der Waals surface area contributed by atoms with Gasteiger partial charge < -0.3 is 5.32 Å². The van der Waals surface area contributed by atoms with Crippen LogP contribution < -0.4 is 5.32 Å². The van der Waals surface area contributed by atoms with E-state index in [9.17, 15) is 0 Å². The highest BCUT2D eigenvalue weighted by Crippen LogP contribution is 2.28. The Labute approximate surface area is 106 Å². The van der Waals surface area contributed by atoms with E-state index in [0.717, 1.165) is 17.6 Å². The molecule has 1 aromatic heterocycles. The summed E-state index contributed by atoms with van der Waals surface area (Å²) in [6.07, 6.45) is 2.67. The first-order valence-corrected chi connectivity index (χ1v) is 6.89. The van der Waals surface area contributed by atoms with E-state index in [4.69, 9.17) is 0 Å². The van der Waals surface area contributed by atoms with Gasteiger partial charge >= 0.3 is 0 Å². The van der Waals surface area contributed by atoms with Crippen molar-refractivity contribution in [2.45, 2.75) is 32.4 Å². The summed E-state index contributed by atoms with van der Waals surface area (Å²) in [5.74, 6) is 0. The van der Waals surface area contributed by atoms with Crippen molar-refractivity contribution in [3.05, 3.63) is 40.9 Å². The number of aromatic nitrogens is 1. The van der Waals surface area contributed by atoms with Gasteiger partial charge in [0.2, 0.25) is 0 Å². The van der Waals surface area contributed by atoms with Crippen molar-refractivity contribution in [2.75, 3.05) is 0 Å². The van der Waals surface area contributed by atoms with Gasteiger partial charge in [-0.1, -0.05) is 30.3 Å². The average Bonchev–Trinajstić information content (AvgIpc) is 3.12. The van der Waals surface area contributed by atoms with Crippen molar-refractivity contribution in [1.29, 1.82) is 0 Å². The first-order chi connectivity index (χ1) is 8.33. The van der Waals surface area contributed by atoms with Crippen LogP contribution in [0.2, 0.25) is 0 Å². The topological polar surface area (TPSA) is 24.9 Å². The molecule has 0 atom stereocenters. The van der Waals surface area contributed by atoms with Gasteiger partial charge in [-0.25, -0.2) is 4.98 Å². The van der Waals surface area contributed by atoms with Crippen LogP contribution in [0.25, 0.3) is 10.6 Å². The Hall–Kier alpha value is -1.19. The smallest absolute Gasteiger partial charge is 0.123 e. The number of benzene rings is 1. The highest BCUT2D eigenvalue weighted by Gasteiger charge is 2.21. The second-order valence-electron chi connectivity index (χ2n) is 4.55. The summed E-state index contributed by atoms with van der Waals surface area (Å²) in [7, 11) is 0. The molecule has 1 heterocycles. The molecule has 3 rings (SSSR count). The summed E-state index contributed by atoms with van der Waals surface area (Å²) in [6, 6.07) is 11.2. The molecule has 2 aromatic rings. The summed E-state index contributed by atoms with van der Waals surface area (Å²) in [6.45, 7) is 3.08. The van der Waals surface area contributed by atoms with Crippen LogP contribution in [0.1, 0.15) is 23.4 Å². The predicted octanol–water partition coefficient (Wildman–Crippen LogP) is 3.37. The fraction of sp³-hybridized carbons (Fsp3) is 0.357. The van der Waals surface area contributed by atoms with Crippen molar-refractivity contribution < 1.29 is 0 Å². The number of aryl methyl sites for hydroxylation is 1.